The molecule has 0 aliphatic carbocycles. The van der Waals surface area contributed by atoms with Crippen molar-refractivity contribution in [2.45, 2.75) is 0 Å². The van der Waals surface area contributed by atoms with E-state index >= 15 is 0 Å². The molecule has 90 valence electrons. The Bertz CT molecular complexity index is 671. The predicted octanol–water partition coefficient (Wildman–Crippen LogP) is 1.11. The summed E-state index contributed by atoms with van der Waals surface area (Å²) in [6, 6.07) is 0. The molecule has 0 spiro atoms. The Hall–Kier alpha value is -2.31. The summed E-state index contributed by atoms with van der Waals surface area (Å²) >= 11 is 0. The van der Waals surface area contributed by atoms with E-state index in [1.807, 2.05) is 0 Å². The second kappa shape index (κ2) is 3.62. The Kier molecular flexibility index (Phi) is 2.38. The minimum atomic E-state index is -1.30. The number of nitrogens with one attached hydrogen (secondary N) is 1. The number of rotatable bonds is 1. The van der Waals surface area contributed by atoms with Gasteiger partial charge in [0.2, 0.25) is 0 Å². The molecule has 0 aromatic carbocycles. The van der Waals surface area contributed by atoms with Crippen LogP contribution in [0.2, 0.25) is 0 Å². The zero-order valence-electron chi connectivity index (χ0n) is 9.19. The monoisotopic (exact) mass is 239 g/mol. The highest BCUT2D eigenvalue weighted by Gasteiger charge is 2.16. The Morgan fingerprint density at radius 3 is 2.59 bits per heavy atom. The SMILES string of the molecule is Cn1cc(F)c2c(c(NC(=O)O)cn2C)c1=O. The van der Waals surface area contributed by atoms with Gasteiger partial charge in [-0.25, -0.2) is 9.18 Å². The van der Waals surface area contributed by atoms with Gasteiger partial charge in [0.15, 0.2) is 5.82 Å². The van der Waals surface area contributed by atoms with E-state index in [2.05, 4.69) is 5.32 Å². The first-order chi connectivity index (χ1) is 7.91. The molecule has 0 aliphatic rings. The van der Waals surface area contributed by atoms with E-state index in [0.29, 0.717) is 0 Å². The summed E-state index contributed by atoms with van der Waals surface area (Å²) in [4.78, 5) is 22.4. The number of hydrogen-bond donors (Lipinski definition) is 2. The van der Waals surface area contributed by atoms with Crippen molar-refractivity contribution in [2.24, 2.45) is 14.1 Å². The summed E-state index contributed by atoms with van der Waals surface area (Å²) in [6.45, 7) is 0. The van der Waals surface area contributed by atoms with E-state index in [1.54, 1.807) is 0 Å². The number of aromatic nitrogens is 2. The predicted molar refractivity (Wildman–Crippen MR) is 59.8 cm³/mol. The molecular formula is C10H10FN3O3. The number of anilines is 1. The van der Waals surface area contributed by atoms with Gasteiger partial charge in [-0.1, -0.05) is 0 Å². The van der Waals surface area contributed by atoms with Crippen molar-refractivity contribution in [3.05, 3.63) is 28.6 Å². The zero-order chi connectivity index (χ0) is 12.7. The molecule has 6 nitrogen and oxygen atoms in total. The molecule has 0 aliphatic heterocycles. The fourth-order valence-electron chi connectivity index (χ4n) is 1.81. The molecule has 2 rings (SSSR count). The summed E-state index contributed by atoms with van der Waals surface area (Å²) in [5.74, 6) is -0.581. The summed E-state index contributed by atoms with van der Waals surface area (Å²) in [7, 11) is 2.94. The second-order valence-corrected chi connectivity index (χ2v) is 3.70. The minimum absolute atomic E-state index is 0.0254. The van der Waals surface area contributed by atoms with Crippen LogP contribution in [0, 0.1) is 5.82 Å². The molecular weight excluding hydrogens is 229 g/mol. The molecule has 0 unspecified atom stereocenters. The van der Waals surface area contributed by atoms with Crippen LogP contribution in [0.15, 0.2) is 17.2 Å². The van der Waals surface area contributed by atoms with Crippen molar-refractivity contribution >= 4 is 22.7 Å². The molecule has 2 aromatic heterocycles. The molecule has 7 heteroatoms. The van der Waals surface area contributed by atoms with Gasteiger partial charge in [-0.3, -0.25) is 10.1 Å². The minimum Gasteiger partial charge on any atom is -0.465 e. The van der Waals surface area contributed by atoms with Crippen molar-refractivity contribution < 1.29 is 14.3 Å². The van der Waals surface area contributed by atoms with Gasteiger partial charge in [-0.2, -0.15) is 0 Å². The summed E-state index contributed by atoms with van der Waals surface area (Å²) in [5.41, 5.74) is -0.294. The quantitative estimate of drug-likeness (QED) is 0.782. The van der Waals surface area contributed by atoms with E-state index in [9.17, 15) is 14.0 Å². The third-order valence-electron chi connectivity index (χ3n) is 2.49. The van der Waals surface area contributed by atoms with Gasteiger partial charge in [0.05, 0.1) is 16.6 Å². The third-order valence-corrected chi connectivity index (χ3v) is 2.49. The maximum absolute atomic E-state index is 13.7. The number of amides is 1. The van der Waals surface area contributed by atoms with Crippen LogP contribution in [0.25, 0.3) is 10.9 Å². The molecule has 0 saturated heterocycles. The lowest BCUT2D eigenvalue weighted by Crippen LogP contribution is -2.18. The van der Waals surface area contributed by atoms with Crippen LogP contribution in [0.4, 0.5) is 14.9 Å². The standard InChI is InChI=1S/C10H10FN3O3/c1-13-4-6(12-10(16)17)7-8(13)5(11)3-14(2)9(7)15/h3-4,12H,1-2H3,(H,16,17). The Labute approximate surface area is 94.9 Å². The Morgan fingerprint density at radius 1 is 1.35 bits per heavy atom. The number of nitrogens with zero attached hydrogens (tertiary/aromatic N) is 2. The van der Waals surface area contributed by atoms with Crippen molar-refractivity contribution in [3.63, 3.8) is 0 Å². The molecule has 0 fully saturated rings. The normalized spacial score (nSPS) is 10.8. The number of carbonyl (C=O) groups is 1. The Morgan fingerprint density at radius 2 is 2.00 bits per heavy atom. The highest BCUT2D eigenvalue weighted by Crippen LogP contribution is 2.23. The molecule has 0 atom stereocenters. The molecule has 2 aromatic rings. The number of pyridine rings is 1. The molecule has 1 amide bonds. The lowest BCUT2D eigenvalue weighted by molar-refractivity contribution is 0.210. The molecule has 2 heterocycles. The van der Waals surface area contributed by atoms with Gasteiger partial charge >= 0.3 is 6.09 Å². The van der Waals surface area contributed by atoms with Gasteiger partial charge in [-0.15, -0.1) is 0 Å². The number of halogens is 1. The maximum Gasteiger partial charge on any atom is 0.409 e. The molecule has 0 saturated carbocycles. The smallest absolute Gasteiger partial charge is 0.409 e. The van der Waals surface area contributed by atoms with E-state index in [4.69, 9.17) is 5.11 Å². The van der Waals surface area contributed by atoms with Gasteiger partial charge < -0.3 is 14.2 Å². The van der Waals surface area contributed by atoms with Crippen molar-refractivity contribution in [2.75, 3.05) is 5.32 Å². The van der Waals surface area contributed by atoms with E-state index in [0.717, 1.165) is 10.8 Å². The van der Waals surface area contributed by atoms with E-state index in [-0.39, 0.29) is 16.6 Å². The highest BCUT2D eigenvalue weighted by molar-refractivity contribution is 5.99. The van der Waals surface area contributed by atoms with E-state index in [1.165, 1.54) is 24.9 Å². The van der Waals surface area contributed by atoms with Gasteiger partial charge in [0.1, 0.15) is 0 Å². The largest absolute Gasteiger partial charge is 0.465 e. The van der Waals surface area contributed by atoms with Crippen LogP contribution in [0.1, 0.15) is 0 Å². The topological polar surface area (TPSA) is 76.3 Å². The summed E-state index contributed by atoms with van der Waals surface area (Å²) < 4.78 is 16.1. The van der Waals surface area contributed by atoms with Gasteiger partial charge in [-0.05, 0) is 0 Å². The van der Waals surface area contributed by atoms with Crippen LogP contribution < -0.4 is 10.9 Å². The van der Waals surface area contributed by atoms with Crippen LogP contribution in [-0.4, -0.2) is 20.3 Å². The summed E-state index contributed by atoms with van der Waals surface area (Å²) in [5, 5.41) is 10.7. The lowest BCUT2D eigenvalue weighted by Gasteiger charge is -2.02. The fraction of sp³-hybridized carbons (Fsp3) is 0.200. The van der Waals surface area contributed by atoms with Crippen LogP contribution in [-0.2, 0) is 14.1 Å². The number of hydrogen-bond acceptors (Lipinski definition) is 2. The average Bonchev–Trinajstić information content (AvgIpc) is 2.51. The van der Waals surface area contributed by atoms with Gasteiger partial charge in [0, 0.05) is 26.5 Å². The second-order valence-electron chi connectivity index (χ2n) is 3.70. The van der Waals surface area contributed by atoms with Crippen LogP contribution in [0.5, 0.6) is 0 Å². The van der Waals surface area contributed by atoms with Crippen LogP contribution in [0.3, 0.4) is 0 Å². The third kappa shape index (κ3) is 1.65. The first kappa shape index (κ1) is 11.2. The van der Waals surface area contributed by atoms with Crippen molar-refractivity contribution in [3.8, 4) is 0 Å². The first-order valence-corrected chi connectivity index (χ1v) is 4.76. The number of fused-ring (bicyclic) bond motifs is 1. The lowest BCUT2D eigenvalue weighted by atomic mass is 10.3. The number of carboxylic acid groups (broad SMARTS) is 1. The molecule has 0 radical (unpaired) electrons. The highest BCUT2D eigenvalue weighted by atomic mass is 19.1. The maximum atomic E-state index is 13.7. The average molecular weight is 239 g/mol. The molecule has 2 N–H and O–H groups in total. The number of aryl methyl sites for hydroxylation is 2. The van der Waals surface area contributed by atoms with Crippen LogP contribution >= 0.6 is 0 Å². The summed E-state index contributed by atoms with van der Waals surface area (Å²) in [6.07, 6.45) is 1.13. The molecule has 17 heavy (non-hydrogen) atoms. The molecule has 0 bridgehead atoms. The Balaban J connectivity index is 2.88. The van der Waals surface area contributed by atoms with E-state index < -0.39 is 17.5 Å². The fourth-order valence-corrected chi connectivity index (χ4v) is 1.81. The van der Waals surface area contributed by atoms with Crippen molar-refractivity contribution in [1.82, 2.24) is 9.13 Å². The zero-order valence-corrected chi connectivity index (χ0v) is 9.19. The van der Waals surface area contributed by atoms with Gasteiger partial charge in [0.25, 0.3) is 5.56 Å². The first-order valence-electron chi connectivity index (χ1n) is 4.76. The van der Waals surface area contributed by atoms with Crippen molar-refractivity contribution in [1.29, 1.82) is 0 Å².